The lowest BCUT2D eigenvalue weighted by Gasteiger charge is -2.37. The van der Waals surface area contributed by atoms with Crippen LogP contribution in [0, 0.1) is 11.3 Å². The summed E-state index contributed by atoms with van der Waals surface area (Å²) in [6, 6.07) is 0. The molecule has 0 fully saturated rings. The van der Waals surface area contributed by atoms with Crippen molar-refractivity contribution in [2.45, 2.75) is 47.5 Å². The van der Waals surface area contributed by atoms with Gasteiger partial charge in [0.15, 0.2) is 5.78 Å². The second-order valence-corrected chi connectivity index (χ2v) is 5.24. The lowest BCUT2D eigenvalue weighted by Crippen LogP contribution is -2.34. The minimum absolute atomic E-state index is 0.0856. The van der Waals surface area contributed by atoms with Crippen LogP contribution in [0.25, 0.3) is 0 Å². The molecule has 0 amide bonds. The molecule has 84 valence electrons. The number of carbonyl (C=O) groups excluding carboxylic acids is 1. The molecule has 1 nitrogen and oxygen atoms in total. The van der Waals surface area contributed by atoms with E-state index in [-0.39, 0.29) is 11.3 Å². The molecule has 0 aromatic carbocycles. The van der Waals surface area contributed by atoms with Crippen molar-refractivity contribution in [1.82, 2.24) is 0 Å². The Labute approximate surface area is 93.3 Å². The fourth-order valence-electron chi connectivity index (χ4n) is 2.48. The normalized spacial score (nSPS) is 26.1. The van der Waals surface area contributed by atoms with Gasteiger partial charge >= 0.3 is 0 Å². The van der Waals surface area contributed by atoms with Gasteiger partial charge in [0.05, 0.1) is 0 Å². The van der Waals surface area contributed by atoms with Crippen LogP contribution in [0.4, 0.5) is 0 Å². The van der Waals surface area contributed by atoms with E-state index in [9.17, 15) is 4.79 Å². The van der Waals surface area contributed by atoms with Gasteiger partial charge in [0.1, 0.15) is 0 Å². The number of ketones is 1. The largest absolute Gasteiger partial charge is 0.294 e. The van der Waals surface area contributed by atoms with Crippen LogP contribution in [0.1, 0.15) is 47.5 Å². The van der Waals surface area contributed by atoms with Gasteiger partial charge in [-0.3, -0.25) is 4.79 Å². The van der Waals surface area contributed by atoms with Crippen LogP contribution >= 0.6 is 0 Å². The first-order valence-electron chi connectivity index (χ1n) is 5.74. The molecule has 1 aliphatic rings. The Morgan fingerprint density at radius 2 is 2.13 bits per heavy atom. The van der Waals surface area contributed by atoms with Gasteiger partial charge in [-0.05, 0) is 44.6 Å². The zero-order valence-electron chi connectivity index (χ0n) is 10.6. The van der Waals surface area contributed by atoms with E-state index in [0.29, 0.717) is 5.78 Å². The van der Waals surface area contributed by atoms with E-state index in [1.807, 2.05) is 19.9 Å². The third-order valence-electron chi connectivity index (χ3n) is 3.58. The fourth-order valence-corrected chi connectivity index (χ4v) is 2.48. The topological polar surface area (TPSA) is 17.1 Å². The summed E-state index contributed by atoms with van der Waals surface area (Å²) in [5.41, 5.74) is 2.25. The summed E-state index contributed by atoms with van der Waals surface area (Å²) in [7, 11) is 0. The van der Waals surface area contributed by atoms with E-state index in [2.05, 4.69) is 26.8 Å². The van der Waals surface area contributed by atoms with Crippen LogP contribution in [0.15, 0.2) is 23.3 Å². The molecule has 0 N–H and O–H groups in total. The van der Waals surface area contributed by atoms with Crippen molar-refractivity contribution in [2.24, 2.45) is 11.3 Å². The highest BCUT2D eigenvalue weighted by atomic mass is 16.1. The lowest BCUT2D eigenvalue weighted by molar-refractivity contribution is -0.121. The molecule has 0 radical (unpaired) electrons. The molecule has 1 aliphatic carbocycles. The van der Waals surface area contributed by atoms with Crippen LogP contribution in [-0.4, -0.2) is 5.78 Å². The van der Waals surface area contributed by atoms with Crippen LogP contribution in [0.3, 0.4) is 0 Å². The Balaban J connectivity index is 3.05. The lowest BCUT2D eigenvalue weighted by atomic mass is 9.66. The summed E-state index contributed by atoms with van der Waals surface area (Å²) in [5.74, 6) is 0.387. The Morgan fingerprint density at radius 3 is 2.60 bits per heavy atom. The van der Waals surface area contributed by atoms with Crippen molar-refractivity contribution in [1.29, 1.82) is 0 Å². The minimum atomic E-state index is 0.0856. The molecule has 1 atom stereocenters. The molecule has 0 saturated carbocycles. The summed E-state index contributed by atoms with van der Waals surface area (Å²) in [6.45, 7) is 10.3. The maximum atomic E-state index is 12.2. The van der Waals surface area contributed by atoms with E-state index in [4.69, 9.17) is 0 Å². The second-order valence-electron chi connectivity index (χ2n) is 5.24. The molecule has 0 spiro atoms. The number of Topliss-reactive ketones (excluding diaryl/α,β-unsaturated/α-hetero) is 1. The maximum Gasteiger partial charge on any atom is 0.165 e. The van der Waals surface area contributed by atoms with Crippen LogP contribution in [-0.2, 0) is 4.79 Å². The smallest absolute Gasteiger partial charge is 0.165 e. The number of rotatable bonds is 2. The maximum absolute atomic E-state index is 12.2. The van der Waals surface area contributed by atoms with Crippen molar-refractivity contribution in [3.63, 3.8) is 0 Å². The average molecular weight is 206 g/mol. The van der Waals surface area contributed by atoms with Crippen molar-refractivity contribution >= 4 is 5.78 Å². The fraction of sp³-hybridized carbons (Fsp3) is 0.643. The molecule has 1 heteroatoms. The van der Waals surface area contributed by atoms with Gasteiger partial charge in [-0.1, -0.05) is 31.6 Å². The van der Waals surface area contributed by atoms with Crippen LogP contribution in [0.5, 0.6) is 0 Å². The number of allylic oxidation sites excluding steroid dienone is 4. The Kier molecular flexibility index (Phi) is 3.54. The summed E-state index contributed by atoms with van der Waals surface area (Å²) >= 11 is 0. The predicted molar refractivity (Wildman–Crippen MR) is 64.7 cm³/mol. The first-order chi connectivity index (χ1) is 6.90. The van der Waals surface area contributed by atoms with Crippen LogP contribution in [0.2, 0.25) is 0 Å². The summed E-state index contributed by atoms with van der Waals surface area (Å²) in [6.07, 6.45) is 6.35. The summed E-state index contributed by atoms with van der Waals surface area (Å²) < 4.78 is 0. The molecule has 0 aromatic heterocycles. The monoisotopic (exact) mass is 206 g/mol. The van der Waals surface area contributed by atoms with E-state index < -0.39 is 0 Å². The standard InChI is InChI=1S/C14H22O/c1-6-10(2)13(15)12-11(3)8-7-9-14(12,4)5/h6,8,12H,7,9H2,1-5H3/b10-6+. The molecule has 1 unspecified atom stereocenters. The van der Waals surface area contributed by atoms with E-state index in [1.54, 1.807) is 0 Å². The Morgan fingerprint density at radius 1 is 1.53 bits per heavy atom. The van der Waals surface area contributed by atoms with Crippen molar-refractivity contribution in [3.05, 3.63) is 23.3 Å². The molecular formula is C14H22O. The highest BCUT2D eigenvalue weighted by Crippen LogP contribution is 2.42. The molecular weight excluding hydrogens is 184 g/mol. The molecule has 1 rings (SSSR count). The third kappa shape index (κ3) is 2.39. The number of hydrogen-bond donors (Lipinski definition) is 0. The Bertz CT molecular complexity index is 318. The highest BCUT2D eigenvalue weighted by Gasteiger charge is 2.37. The SMILES string of the molecule is C/C=C(\C)C(=O)C1C(C)=CCCC1(C)C. The first-order valence-corrected chi connectivity index (χ1v) is 5.74. The van der Waals surface area contributed by atoms with Gasteiger partial charge in [0.2, 0.25) is 0 Å². The van der Waals surface area contributed by atoms with Gasteiger partial charge in [-0.2, -0.15) is 0 Å². The van der Waals surface area contributed by atoms with E-state index >= 15 is 0 Å². The second kappa shape index (κ2) is 4.34. The quantitative estimate of drug-likeness (QED) is 0.494. The zero-order valence-corrected chi connectivity index (χ0v) is 10.6. The first kappa shape index (κ1) is 12.2. The van der Waals surface area contributed by atoms with Gasteiger partial charge < -0.3 is 0 Å². The molecule has 0 aliphatic heterocycles. The third-order valence-corrected chi connectivity index (χ3v) is 3.58. The van der Waals surface area contributed by atoms with Crippen molar-refractivity contribution in [2.75, 3.05) is 0 Å². The molecule has 0 saturated heterocycles. The van der Waals surface area contributed by atoms with Crippen molar-refractivity contribution in [3.8, 4) is 0 Å². The molecule has 15 heavy (non-hydrogen) atoms. The highest BCUT2D eigenvalue weighted by molar-refractivity contribution is 5.98. The van der Waals surface area contributed by atoms with E-state index in [0.717, 1.165) is 18.4 Å². The molecule has 0 bridgehead atoms. The molecule has 0 heterocycles. The summed E-state index contributed by atoms with van der Waals surface area (Å²) in [4.78, 5) is 12.2. The molecule has 0 aromatic rings. The minimum Gasteiger partial charge on any atom is -0.294 e. The Hall–Kier alpha value is -0.850. The van der Waals surface area contributed by atoms with Gasteiger partial charge in [0, 0.05) is 5.92 Å². The predicted octanol–water partition coefficient (Wildman–Crippen LogP) is 3.90. The van der Waals surface area contributed by atoms with Crippen LogP contribution < -0.4 is 0 Å². The number of hydrogen-bond acceptors (Lipinski definition) is 1. The van der Waals surface area contributed by atoms with E-state index in [1.165, 1.54) is 5.57 Å². The number of carbonyl (C=O) groups is 1. The summed E-state index contributed by atoms with van der Waals surface area (Å²) in [5, 5.41) is 0. The van der Waals surface area contributed by atoms with Gasteiger partial charge in [0.25, 0.3) is 0 Å². The van der Waals surface area contributed by atoms with Crippen molar-refractivity contribution < 1.29 is 4.79 Å². The van der Waals surface area contributed by atoms with Gasteiger partial charge in [-0.25, -0.2) is 0 Å². The van der Waals surface area contributed by atoms with Gasteiger partial charge in [-0.15, -0.1) is 0 Å². The zero-order chi connectivity index (χ0) is 11.6. The average Bonchev–Trinajstić information content (AvgIpc) is 2.14.